The molecule has 0 saturated heterocycles. The molecule has 1 heterocycles. The molecule has 0 saturated carbocycles. The van der Waals surface area contributed by atoms with Crippen molar-refractivity contribution in [1.29, 1.82) is 0 Å². The molecule has 108 valence electrons. The molecular weight excluding hydrogens is 258 g/mol. The first-order valence-electron chi connectivity index (χ1n) is 6.49. The minimum atomic E-state index is 0.0430. The van der Waals surface area contributed by atoms with E-state index in [0.29, 0.717) is 19.6 Å². The summed E-state index contributed by atoms with van der Waals surface area (Å²) < 4.78 is 0. The van der Waals surface area contributed by atoms with Crippen LogP contribution in [0.1, 0.15) is 18.7 Å². The van der Waals surface area contributed by atoms with Gasteiger partial charge < -0.3 is 10.6 Å². The SMILES string of the molecule is CN(CC(=O)N(C)Cc1cccs1)CC(C)(C)CN. The van der Waals surface area contributed by atoms with E-state index in [1.165, 1.54) is 4.88 Å². The Bertz CT molecular complexity index is 389. The van der Waals surface area contributed by atoms with Gasteiger partial charge in [0.1, 0.15) is 0 Å². The fourth-order valence-electron chi connectivity index (χ4n) is 1.93. The van der Waals surface area contributed by atoms with E-state index in [4.69, 9.17) is 5.73 Å². The first-order valence-corrected chi connectivity index (χ1v) is 7.37. The van der Waals surface area contributed by atoms with Gasteiger partial charge in [-0.15, -0.1) is 11.3 Å². The Kier molecular flexibility index (Phi) is 5.97. The van der Waals surface area contributed by atoms with Crippen molar-refractivity contribution >= 4 is 17.2 Å². The summed E-state index contributed by atoms with van der Waals surface area (Å²) in [6.45, 7) is 6.79. The first-order chi connectivity index (χ1) is 8.84. The van der Waals surface area contributed by atoms with Crippen LogP contribution in [0.3, 0.4) is 0 Å². The van der Waals surface area contributed by atoms with E-state index in [2.05, 4.69) is 19.9 Å². The Hall–Kier alpha value is -0.910. The average Bonchev–Trinajstić information content (AvgIpc) is 2.80. The molecule has 0 bridgehead atoms. The van der Waals surface area contributed by atoms with Crippen LogP contribution < -0.4 is 5.73 Å². The molecule has 0 aliphatic rings. The lowest BCUT2D eigenvalue weighted by Gasteiger charge is -2.29. The van der Waals surface area contributed by atoms with Crippen LogP contribution in [0.2, 0.25) is 0 Å². The molecule has 1 rings (SSSR count). The number of likely N-dealkylation sites (N-methyl/N-ethyl adjacent to an activating group) is 2. The summed E-state index contributed by atoms with van der Waals surface area (Å²) in [5.74, 6) is 0.142. The Morgan fingerprint density at radius 2 is 2.11 bits per heavy atom. The molecule has 0 aromatic carbocycles. The van der Waals surface area contributed by atoms with Gasteiger partial charge in [0.25, 0.3) is 0 Å². The number of amides is 1. The summed E-state index contributed by atoms with van der Waals surface area (Å²) in [6, 6.07) is 4.06. The summed E-state index contributed by atoms with van der Waals surface area (Å²) in [5, 5.41) is 2.03. The molecule has 5 heteroatoms. The van der Waals surface area contributed by atoms with Crippen LogP contribution in [0.4, 0.5) is 0 Å². The third kappa shape index (κ3) is 5.72. The first kappa shape index (κ1) is 16.1. The minimum absolute atomic E-state index is 0.0430. The largest absolute Gasteiger partial charge is 0.340 e. The van der Waals surface area contributed by atoms with E-state index >= 15 is 0 Å². The Balaban J connectivity index is 2.41. The van der Waals surface area contributed by atoms with E-state index in [1.807, 2.05) is 30.4 Å². The lowest BCUT2D eigenvalue weighted by molar-refractivity contribution is -0.131. The van der Waals surface area contributed by atoms with E-state index in [0.717, 1.165) is 6.54 Å². The number of nitrogens with two attached hydrogens (primary N) is 1. The van der Waals surface area contributed by atoms with Gasteiger partial charge in [-0.2, -0.15) is 0 Å². The van der Waals surface area contributed by atoms with Crippen LogP contribution in [0, 0.1) is 5.41 Å². The molecule has 0 radical (unpaired) electrons. The number of carbonyl (C=O) groups excluding carboxylic acids is 1. The van der Waals surface area contributed by atoms with Crippen molar-refractivity contribution in [3.05, 3.63) is 22.4 Å². The molecular formula is C14H25N3OS. The van der Waals surface area contributed by atoms with Crippen molar-refractivity contribution < 1.29 is 4.79 Å². The van der Waals surface area contributed by atoms with Gasteiger partial charge in [-0.3, -0.25) is 9.69 Å². The van der Waals surface area contributed by atoms with Gasteiger partial charge in [0, 0.05) is 18.5 Å². The minimum Gasteiger partial charge on any atom is -0.340 e. The van der Waals surface area contributed by atoms with Gasteiger partial charge in [-0.25, -0.2) is 0 Å². The van der Waals surface area contributed by atoms with Crippen molar-refractivity contribution in [3.8, 4) is 0 Å². The predicted octanol–water partition coefficient (Wildman–Crippen LogP) is 1.62. The highest BCUT2D eigenvalue weighted by atomic mass is 32.1. The molecule has 0 fully saturated rings. The third-order valence-electron chi connectivity index (χ3n) is 3.05. The van der Waals surface area contributed by atoms with Gasteiger partial charge in [0.2, 0.25) is 5.91 Å². The number of carbonyl (C=O) groups is 1. The summed E-state index contributed by atoms with van der Waals surface area (Å²) in [4.78, 5) is 17.1. The van der Waals surface area contributed by atoms with Crippen LogP contribution in [0.25, 0.3) is 0 Å². The monoisotopic (exact) mass is 283 g/mol. The van der Waals surface area contributed by atoms with Gasteiger partial charge in [0.15, 0.2) is 0 Å². The van der Waals surface area contributed by atoms with Crippen molar-refractivity contribution in [3.63, 3.8) is 0 Å². The van der Waals surface area contributed by atoms with Crippen LogP contribution in [0.15, 0.2) is 17.5 Å². The van der Waals surface area contributed by atoms with Crippen LogP contribution in [-0.4, -0.2) is 49.4 Å². The smallest absolute Gasteiger partial charge is 0.236 e. The zero-order valence-corrected chi connectivity index (χ0v) is 13.2. The fourth-order valence-corrected chi connectivity index (χ4v) is 2.68. The van der Waals surface area contributed by atoms with Gasteiger partial charge in [-0.05, 0) is 30.5 Å². The van der Waals surface area contributed by atoms with Crippen molar-refractivity contribution in [2.75, 3.05) is 33.7 Å². The van der Waals surface area contributed by atoms with E-state index in [9.17, 15) is 4.79 Å². The summed E-state index contributed by atoms with van der Waals surface area (Å²) in [6.07, 6.45) is 0. The molecule has 0 aliphatic heterocycles. The van der Waals surface area contributed by atoms with Gasteiger partial charge in [-0.1, -0.05) is 19.9 Å². The summed E-state index contributed by atoms with van der Waals surface area (Å²) in [7, 11) is 3.82. The van der Waals surface area contributed by atoms with Crippen LogP contribution in [0.5, 0.6) is 0 Å². The molecule has 0 unspecified atom stereocenters. The van der Waals surface area contributed by atoms with Crippen LogP contribution >= 0.6 is 11.3 Å². The number of hydrogen-bond donors (Lipinski definition) is 1. The maximum atomic E-state index is 12.1. The maximum Gasteiger partial charge on any atom is 0.236 e. The quantitative estimate of drug-likeness (QED) is 0.827. The Morgan fingerprint density at radius 3 is 2.63 bits per heavy atom. The molecule has 0 spiro atoms. The molecule has 0 atom stereocenters. The lowest BCUT2D eigenvalue weighted by atomic mass is 9.93. The lowest BCUT2D eigenvalue weighted by Crippen LogP contribution is -2.42. The average molecular weight is 283 g/mol. The normalized spacial score (nSPS) is 11.9. The predicted molar refractivity (Wildman–Crippen MR) is 81.1 cm³/mol. The topological polar surface area (TPSA) is 49.6 Å². The second kappa shape index (κ2) is 7.03. The van der Waals surface area contributed by atoms with Crippen molar-refractivity contribution in [2.24, 2.45) is 11.1 Å². The zero-order valence-electron chi connectivity index (χ0n) is 12.3. The number of rotatable bonds is 7. The number of thiophene rings is 1. The van der Waals surface area contributed by atoms with Gasteiger partial charge >= 0.3 is 0 Å². The highest BCUT2D eigenvalue weighted by molar-refractivity contribution is 7.09. The summed E-state index contributed by atoms with van der Waals surface area (Å²) >= 11 is 1.68. The number of hydrogen-bond acceptors (Lipinski definition) is 4. The van der Waals surface area contributed by atoms with Crippen LogP contribution in [-0.2, 0) is 11.3 Å². The van der Waals surface area contributed by atoms with E-state index < -0.39 is 0 Å². The summed E-state index contributed by atoms with van der Waals surface area (Å²) in [5.41, 5.74) is 5.76. The molecule has 19 heavy (non-hydrogen) atoms. The molecule has 1 amide bonds. The second-order valence-electron chi connectivity index (χ2n) is 5.87. The Labute approximate surface area is 120 Å². The highest BCUT2D eigenvalue weighted by Crippen LogP contribution is 2.14. The standard InChI is InChI=1S/C14H25N3OS/c1-14(2,10-15)11-16(3)9-13(18)17(4)8-12-6-5-7-19-12/h5-7H,8-11,15H2,1-4H3. The molecule has 4 nitrogen and oxygen atoms in total. The fraction of sp³-hybridized carbons (Fsp3) is 0.643. The highest BCUT2D eigenvalue weighted by Gasteiger charge is 2.20. The molecule has 1 aromatic rings. The zero-order chi connectivity index (χ0) is 14.5. The van der Waals surface area contributed by atoms with E-state index in [1.54, 1.807) is 16.2 Å². The van der Waals surface area contributed by atoms with Crippen molar-refractivity contribution in [1.82, 2.24) is 9.80 Å². The molecule has 1 aromatic heterocycles. The third-order valence-corrected chi connectivity index (χ3v) is 3.92. The molecule has 2 N–H and O–H groups in total. The Morgan fingerprint density at radius 1 is 1.42 bits per heavy atom. The second-order valence-corrected chi connectivity index (χ2v) is 6.90. The van der Waals surface area contributed by atoms with Crippen molar-refractivity contribution in [2.45, 2.75) is 20.4 Å². The molecule has 0 aliphatic carbocycles. The number of nitrogens with zero attached hydrogens (tertiary/aromatic N) is 2. The van der Waals surface area contributed by atoms with Gasteiger partial charge in [0.05, 0.1) is 13.1 Å². The maximum absolute atomic E-state index is 12.1. The van der Waals surface area contributed by atoms with E-state index in [-0.39, 0.29) is 11.3 Å².